The molecule has 0 heterocycles. The number of carbonyl (C=O) groups is 1. The molecule has 0 unspecified atom stereocenters. The average Bonchev–Trinajstić information content (AvgIpc) is 2.73. The van der Waals surface area contributed by atoms with Gasteiger partial charge in [0.25, 0.3) is 5.91 Å². The van der Waals surface area contributed by atoms with Crippen LogP contribution in [0.5, 0.6) is 5.75 Å². The van der Waals surface area contributed by atoms with Crippen LogP contribution in [0.2, 0.25) is 0 Å². The van der Waals surface area contributed by atoms with Crippen molar-refractivity contribution in [2.45, 2.75) is 12.8 Å². The second-order valence-corrected chi connectivity index (χ2v) is 6.70. The molecule has 0 saturated carbocycles. The third kappa shape index (κ3) is 3.54. The number of rotatable bonds is 4. The van der Waals surface area contributed by atoms with E-state index in [4.69, 9.17) is 4.74 Å². The van der Waals surface area contributed by atoms with Crippen LogP contribution in [0.1, 0.15) is 27.9 Å². The molecule has 4 heteroatoms. The van der Waals surface area contributed by atoms with Crippen LogP contribution in [-0.2, 0) is 6.42 Å². The number of benzene rings is 3. The highest BCUT2D eigenvalue weighted by molar-refractivity contribution is 6.06. The van der Waals surface area contributed by atoms with Crippen molar-refractivity contribution in [3.05, 3.63) is 89.2 Å². The van der Waals surface area contributed by atoms with Crippen molar-refractivity contribution in [2.75, 3.05) is 12.4 Å². The maximum absolute atomic E-state index is 13.3. The van der Waals surface area contributed by atoms with E-state index in [1.54, 1.807) is 0 Å². The van der Waals surface area contributed by atoms with Gasteiger partial charge in [0.05, 0.1) is 12.7 Å². The number of ether oxygens (including phenoxy) is 1. The van der Waals surface area contributed by atoms with Crippen LogP contribution in [0.25, 0.3) is 17.2 Å². The molecule has 0 aromatic heterocycles. The topological polar surface area (TPSA) is 38.3 Å². The molecular weight excluding hydrogens is 353 g/mol. The Morgan fingerprint density at radius 3 is 2.68 bits per heavy atom. The fourth-order valence-electron chi connectivity index (χ4n) is 3.50. The van der Waals surface area contributed by atoms with Crippen LogP contribution in [0.15, 0.2) is 66.7 Å². The third-order valence-electron chi connectivity index (χ3n) is 4.92. The summed E-state index contributed by atoms with van der Waals surface area (Å²) in [5.41, 5.74) is 5.87. The van der Waals surface area contributed by atoms with Crippen LogP contribution in [0.3, 0.4) is 0 Å². The van der Waals surface area contributed by atoms with Gasteiger partial charge in [0.1, 0.15) is 11.6 Å². The van der Waals surface area contributed by atoms with E-state index in [0.29, 0.717) is 5.69 Å². The summed E-state index contributed by atoms with van der Waals surface area (Å²) in [5, 5.41) is 2.84. The predicted molar refractivity (Wildman–Crippen MR) is 110 cm³/mol. The lowest BCUT2D eigenvalue weighted by Gasteiger charge is -2.15. The van der Waals surface area contributed by atoms with Crippen LogP contribution >= 0.6 is 0 Å². The normalized spacial score (nSPS) is 12.4. The second-order valence-electron chi connectivity index (χ2n) is 6.70. The quantitative estimate of drug-likeness (QED) is 0.636. The van der Waals surface area contributed by atoms with Crippen LogP contribution < -0.4 is 10.1 Å². The van der Waals surface area contributed by atoms with Gasteiger partial charge in [-0.3, -0.25) is 4.79 Å². The van der Waals surface area contributed by atoms with Gasteiger partial charge in [-0.1, -0.05) is 42.5 Å². The van der Waals surface area contributed by atoms with E-state index in [9.17, 15) is 9.18 Å². The zero-order chi connectivity index (χ0) is 19.5. The number of amides is 1. The van der Waals surface area contributed by atoms with E-state index in [0.717, 1.165) is 18.4 Å². The molecule has 0 fully saturated rings. The number of nitrogens with one attached hydrogen (secondary N) is 1. The highest BCUT2D eigenvalue weighted by Crippen LogP contribution is 2.31. The van der Waals surface area contributed by atoms with Crippen LogP contribution in [0.4, 0.5) is 10.1 Å². The molecule has 0 saturated heterocycles. The summed E-state index contributed by atoms with van der Waals surface area (Å²) in [4.78, 5) is 12.5. The Balaban J connectivity index is 1.57. The first-order chi connectivity index (χ1) is 13.7. The summed E-state index contributed by atoms with van der Waals surface area (Å²) in [6.07, 6.45) is 6.53. The fraction of sp³-hybridized carbons (Fsp3) is 0.125. The number of carbonyl (C=O) groups excluding carboxylic acids is 1. The van der Waals surface area contributed by atoms with Gasteiger partial charge < -0.3 is 10.1 Å². The summed E-state index contributed by atoms with van der Waals surface area (Å²) < 4.78 is 18.4. The Hall–Kier alpha value is -3.40. The number of halogens is 1. The van der Waals surface area contributed by atoms with E-state index in [1.807, 2.05) is 24.3 Å². The highest BCUT2D eigenvalue weighted by atomic mass is 19.1. The van der Waals surface area contributed by atoms with Gasteiger partial charge in [-0.2, -0.15) is 0 Å². The first-order valence-corrected chi connectivity index (χ1v) is 9.19. The number of allylic oxidation sites excluding steroid dienone is 1. The van der Waals surface area contributed by atoms with Gasteiger partial charge in [0.2, 0.25) is 0 Å². The number of methoxy groups -OCH3 is 1. The van der Waals surface area contributed by atoms with Gasteiger partial charge in [0.15, 0.2) is 0 Å². The van der Waals surface area contributed by atoms with Gasteiger partial charge in [-0.15, -0.1) is 0 Å². The van der Waals surface area contributed by atoms with Gasteiger partial charge >= 0.3 is 0 Å². The van der Waals surface area contributed by atoms with E-state index in [2.05, 4.69) is 35.7 Å². The van der Waals surface area contributed by atoms with Crippen molar-refractivity contribution in [1.29, 1.82) is 0 Å². The lowest BCUT2D eigenvalue weighted by atomic mass is 9.90. The average molecular weight is 373 g/mol. The highest BCUT2D eigenvalue weighted by Gasteiger charge is 2.14. The Morgan fingerprint density at radius 1 is 1.07 bits per heavy atom. The molecule has 140 valence electrons. The molecule has 4 rings (SSSR count). The summed E-state index contributed by atoms with van der Waals surface area (Å²) in [5.74, 6) is -0.584. The molecule has 3 aromatic carbocycles. The molecule has 1 N–H and O–H groups in total. The first kappa shape index (κ1) is 18.0. The minimum absolute atomic E-state index is 0.205. The summed E-state index contributed by atoms with van der Waals surface area (Å²) in [6.45, 7) is 0. The van der Waals surface area contributed by atoms with Crippen LogP contribution in [-0.4, -0.2) is 13.0 Å². The number of anilines is 1. The summed E-state index contributed by atoms with van der Waals surface area (Å²) in [6, 6.07) is 18.0. The van der Waals surface area contributed by atoms with E-state index in [-0.39, 0.29) is 17.2 Å². The van der Waals surface area contributed by atoms with Gasteiger partial charge in [0, 0.05) is 11.8 Å². The number of fused-ring (bicyclic) bond motifs is 1. The standard InChI is InChI=1S/C24H20FNO2/c1-28-23-15-18(25)11-14-22(23)24(27)26-19-12-9-17(10-13-19)21-8-4-6-16-5-2-3-7-20(16)21/h3-4,6-15H,2,5H2,1H3,(H,26,27). The molecule has 3 aromatic rings. The fourth-order valence-corrected chi connectivity index (χ4v) is 3.50. The van der Waals surface area contributed by atoms with E-state index in [1.165, 1.54) is 42.0 Å². The number of aryl methyl sites for hydroxylation is 1. The largest absolute Gasteiger partial charge is 0.496 e. The zero-order valence-electron chi connectivity index (χ0n) is 15.5. The van der Waals surface area contributed by atoms with Crippen molar-refractivity contribution in [3.63, 3.8) is 0 Å². The Morgan fingerprint density at radius 2 is 1.89 bits per heavy atom. The minimum atomic E-state index is -0.446. The van der Waals surface area contributed by atoms with Gasteiger partial charge in [-0.05, 0) is 59.4 Å². The molecule has 0 atom stereocenters. The Labute approximate surface area is 163 Å². The molecule has 1 amide bonds. The zero-order valence-corrected chi connectivity index (χ0v) is 15.5. The first-order valence-electron chi connectivity index (χ1n) is 9.19. The number of hydrogen-bond acceptors (Lipinski definition) is 2. The SMILES string of the molecule is COc1cc(F)ccc1C(=O)Nc1ccc(-c2cccc3c2C=CCC3)cc1. The van der Waals surface area contributed by atoms with E-state index >= 15 is 0 Å². The lowest BCUT2D eigenvalue weighted by molar-refractivity contribution is 0.102. The second kappa shape index (κ2) is 7.69. The molecule has 1 aliphatic carbocycles. The minimum Gasteiger partial charge on any atom is -0.496 e. The predicted octanol–water partition coefficient (Wildman–Crippen LogP) is 5.71. The van der Waals surface area contributed by atoms with Crippen molar-refractivity contribution in [3.8, 4) is 16.9 Å². The van der Waals surface area contributed by atoms with E-state index < -0.39 is 5.82 Å². The summed E-state index contributed by atoms with van der Waals surface area (Å²) >= 11 is 0. The maximum Gasteiger partial charge on any atom is 0.259 e. The molecule has 1 aliphatic rings. The lowest BCUT2D eigenvalue weighted by Crippen LogP contribution is -2.13. The third-order valence-corrected chi connectivity index (χ3v) is 4.92. The Kier molecular flexibility index (Phi) is 4.94. The molecule has 0 aliphatic heterocycles. The van der Waals surface area contributed by atoms with Crippen molar-refractivity contribution >= 4 is 17.7 Å². The molecule has 3 nitrogen and oxygen atoms in total. The monoisotopic (exact) mass is 373 g/mol. The van der Waals surface area contributed by atoms with Crippen molar-refractivity contribution in [2.24, 2.45) is 0 Å². The summed E-state index contributed by atoms with van der Waals surface area (Å²) in [7, 11) is 1.41. The van der Waals surface area contributed by atoms with Crippen LogP contribution in [0, 0.1) is 5.82 Å². The van der Waals surface area contributed by atoms with Crippen molar-refractivity contribution < 1.29 is 13.9 Å². The smallest absolute Gasteiger partial charge is 0.259 e. The van der Waals surface area contributed by atoms with Crippen molar-refractivity contribution in [1.82, 2.24) is 0 Å². The molecular formula is C24H20FNO2. The molecule has 0 bridgehead atoms. The van der Waals surface area contributed by atoms with Gasteiger partial charge in [-0.25, -0.2) is 4.39 Å². The number of hydrogen-bond donors (Lipinski definition) is 1. The maximum atomic E-state index is 13.3. The molecule has 28 heavy (non-hydrogen) atoms. The Bertz CT molecular complexity index is 1050. The molecule has 0 radical (unpaired) electrons. The molecule has 0 spiro atoms.